The molecule has 0 aromatic heterocycles. The lowest BCUT2D eigenvalue weighted by Gasteiger charge is -2.09. The Kier molecular flexibility index (Phi) is 7.98. The van der Waals surface area contributed by atoms with E-state index in [2.05, 4.69) is 19.6 Å². The second kappa shape index (κ2) is 10.5. The molecule has 0 heterocycles. The van der Waals surface area contributed by atoms with Crippen LogP contribution in [0.5, 0.6) is 0 Å². The molecule has 0 fully saturated rings. The van der Waals surface area contributed by atoms with Gasteiger partial charge in [0.05, 0.1) is 34.3 Å². The van der Waals surface area contributed by atoms with Crippen molar-refractivity contribution in [1.29, 1.82) is 0 Å². The first-order chi connectivity index (χ1) is 15.6. The topological polar surface area (TPSA) is 187 Å². The minimum Gasteiger partial charge on any atom is -0.397 e. The van der Waals surface area contributed by atoms with Crippen molar-refractivity contribution < 1.29 is 40.2 Å². The predicted octanol–water partition coefficient (Wildman–Crippen LogP) is 3.86. The summed E-state index contributed by atoms with van der Waals surface area (Å²) < 4.78 is 66.2. The number of nitrogens with two attached hydrogens (primary N) is 1. The number of sulfone groups is 1. The lowest BCUT2D eigenvalue weighted by molar-refractivity contribution is -0.434. The van der Waals surface area contributed by atoms with Crippen LogP contribution < -0.4 is 5.73 Å². The van der Waals surface area contributed by atoms with E-state index < -0.39 is 24.9 Å². The van der Waals surface area contributed by atoms with E-state index in [1.807, 2.05) is 0 Å². The molecule has 3 aromatic rings. The van der Waals surface area contributed by atoms with Gasteiger partial charge in [-0.15, -0.1) is 9.45 Å². The summed E-state index contributed by atoms with van der Waals surface area (Å²) in [6, 6.07) is 13.2. The maximum absolute atomic E-state index is 12.3. The SMILES string of the molecule is Nc1c(S(=O)(=O)O)cc(/N=N/c2ccc(S(=O)(=O)CCOSOOO)cc2)c2ccccc12. The van der Waals surface area contributed by atoms with Crippen LogP contribution in [0, 0.1) is 0 Å². The molecular weight excluding hydrogens is 498 g/mol. The van der Waals surface area contributed by atoms with E-state index in [0.29, 0.717) is 16.5 Å². The molecule has 0 amide bonds. The lowest BCUT2D eigenvalue weighted by atomic mass is 10.1. The van der Waals surface area contributed by atoms with Gasteiger partial charge in [0.15, 0.2) is 22.2 Å². The van der Waals surface area contributed by atoms with Crippen LogP contribution in [-0.4, -0.2) is 39.0 Å². The predicted molar refractivity (Wildman–Crippen MR) is 119 cm³/mol. The average Bonchev–Trinajstić information content (AvgIpc) is 2.78. The number of nitrogen functional groups attached to an aromatic ring is 1. The molecule has 0 saturated carbocycles. The molecule has 12 nitrogen and oxygen atoms in total. The number of hydrogen-bond donors (Lipinski definition) is 3. The Morgan fingerprint density at radius 3 is 2.27 bits per heavy atom. The first-order valence-corrected chi connectivity index (χ1v) is 12.7. The highest BCUT2D eigenvalue weighted by Crippen LogP contribution is 2.36. The number of benzene rings is 3. The smallest absolute Gasteiger partial charge is 0.296 e. The van der Waals surface area contributed by atoms with E-state index in [9.17, 15) is 21.4 Å². The van der Waals surface area contributed by atoms with Crippen LogP contribution in [0.15, 0.2) is 74.6 Å². The molecule has 0 aliphatic rings. The van der Waals surface area contributed by atoms with Gasteiger partial charge in [-0.05, 0) is 30.3 Å². The van der Waals surface area contributed by atoms with Crippen LogP contribution in [0.2, 0.25) is 0 Å². The van der Waals surface area contributed by atoms with Crippen LogP contribution in [0.4, 0.5) is 17.1 Å². The number of rotatable bonds is 10. The van der Waals surface area contributed by atoms with Crippen molar-refractivity contribution in [2.45, 2.75) is 9.79 Å². The van der Waals surface area contributed by atoms with E-state index in [0.717, 1.165) is 6.07 Å². The fourth-order valence-electron chi connectivity index (χ4n) is 2.81. The van der Waals surface area contributed by atoms with Gasteiger partial charge in [-0.3, -0.25) is 8.74 Å². The maximum atomic E-state index is 12.3. The second-order valence-corrected chi connectivity index (χ2v) is 10.4. The standard InChI is InChI=1S/C18H17N3O9S3/c19-18-15-4-2-1-3-14(15)16(11-17(18)33(25,26)27)21-20-12-5-7-13(8-6-12)32(23,24)10-9-28-31-30-29-22/h1-8,11,22H,9-10,19H2,(H,25,26,27)/b21-20+. The van der Waals surface area contributed by atoms with E-state index in [1.54, 1.807) is 24.3 Å². The van der Waals surface area contributed by atoms with Crippen LogP contribution in [0.1, 0.15) is 0 Å². The Morgan fingerprint density at radius 1 is 0.970 bits per heavy atom. The third-order valence-corrected chi connectivity index (χ3v) is 7.28. The molecule has 0 bridgehead atoms. The van der Waals surface area contributed by atoms with Crippen molar-refractivity contribution in [3.8, 4) is 0 Å². The molecule has 0 spiro atoms. The fourth-order valence-corrected chi connectivity index (χ4v) is 4.87. The van der Waals surface area contributed by atoms with Gasteiger partial charge in [-0.25, -0.2) is 13.7 Å². The van der Waals surface area contributed by atoms with Crippen LogP contribution >= 0.6 is 12.3 Å². The van der Waals surface area contributed by atoms with Gasteiger partial charge < -0.3 is 5.73 Å². The van der Waals surface area contributed by atoms with Crippen LogP contribution in [-0.2, 0) is 33.5 Å². The van der Waals surface area contributed by atoms with E-state index in [-0.39, 0.29) is 41.0 Å². The Hall–Kier alpha value is -2.63. The van der Waals surface area contributed by atoms with Crippen molar-refractivity contribution in [2.24, 2.45) is 10.2 Å². The zero-order valence-electron chi connectivity index (χ0n) is 16.6. The summed E-state index contributed by atoms with van der Waals surface area (Å²) >= 11 is 0.275. The quantitative estimate of drug-likeness (QED) is 0.0676. The van der Waals surface area contributed by atoms with Gasteiger partial charge in [-0.1, -0.05) is 29.3 Å². The molecule has 0 radical (unpaired) electrons. The minimum absolute atomic E-state index is 0.0148. The Labute approximate surface area is 192 Å². The van der Waals surface area contributed by atoms with Gasteiger partial charge >= 0.3 is 0 Å². The van der Waals surface area contributed by atoms with Crippen molar-refractivity contribution in [3.63, 3.8) is 0 Å². The van der Waals surface area contributed by atoms with Gasteiger partial charge in [0.25, 0.3) is 10.1 Å². The third-order valence-electron chi connectivity index (χ3n) is 4.32. The van der Waals surface area contributed by atoms with Gasteiger partial charge in [0.1, 0.15) is 4.90 Å². The molecule has 0 saturated heterocycles. The molecule has 15 heteroatoms. The molecular formula is C18H17N3O9S3. The summed E-state index contributed by atoms with van der Waals surface area (Å²) in [6.07, 6.45) is 0. The molecule has 0 unspecified atom stereocenters. The molecule has 0 aliphatic carbocycles. The van der Waals surface area contributed by atoms with Crippen molar-refractivity contribution in [3.05, 3.63) is 54.6 Å². The normalized spacial score (nSPS) is 12.5. The van der Waals surface area contributed by atoms with Gasteiger partial charge in [-0.2, -0.15) is 13.5 Å². The van der Waals surface area contributed by atoms with E-state index in [1.165, 1.54) is 24.3 Å². The number of fused-ring (bicyclic) bond motifs is 1. The molecule has 0 atom stereocenters. The highest BCUT2D eigenvalue weighted by atomic mass is 32.2. The van der Waals surface area contributed by atoms with Crippen LogP contribution in [0.25, 0.3) is 10.8 Å². The molecule has 3 rings (SSSR count). The molecule has 176 valence electrons. The average molecular weight is 516 g/mol. The Bertz CT molecular complexity index is 1380. The van der Waals surface area contributed by atoms with Crippen molar-refractivity contribution in [1.82, 2.24) is 0 Å². The highest BCUT2D eigenvalue weighted by Gasteiger charge is 2.19. The fraction of sp³-hybridized carbons (Fsp3) is 0.111. The minimum atomic E-state index is -4.60. The molecule has 0 aliphatic heterocycles. The number of hydrogen-bond acceptors (Lipinski definition) is 12. The first-order valence-electron chi connectivity index (χ1n) is 8.93. The summed E-state index contributed by atoms with van der Waals surface area (Å²) in [6.45, 7) is -0.224. The van der Waals surface area contributed by atoms with Gasteiger partial charge in [0, 0.05) is 10.8 Å². The van der Waals surface area contributed by atoms with Crippen molar-refractivity contribution >= 4 is 60.1 Å². The summed E-state index contributed by atoms with van der Waals surface area (Å²) in [4.78, 5) is -0.478. The first kappa shape index (κ1) is 25.0. The number of anilines is 1. The molecule has 3 aromatic carbocycles. The maximum Gasteiger partial charge on any atom is 0.296 e. The summed E-state index contributed by atoms with van der Waals surface area (Å²) in [7, 11) is -8.26. The van der Waals surface area contributed by atoms with E-state index >= 15 is 0 Å². The number of nitrogens with zero attached hydrogens (tertiary/aromatic N) is 2. The molecule has 33 heavy (non-hydrogen) atoms. The largest absolute Gasteiger partial charge is 0.397 e. The number of azo groups is 1. The molecule has 4 N–H and O–H groups in total. The highest BCUT2D eigenvalue weighted by molar-refractivity contribution is 7.91. The van der Waals surface area contributed by atoms with Crippen molar-refractivity contribution in [2.75, 3.05) is 18.1 Å². The zero-order chi connectivity index (χ0) is 24.1. The second-order valence-electron chi connectivity index (χ2n) is 6.37. The van der Waals surface area contributed by atoms with Gasteiger partial charge in [0.2, 0.25) is 0 Å². The monoisotopic (exact) mass is 515 g/mol. The Morgan fingerprint density at radius 2 is 1.64 bits per heavy atom. The third kappa shape index (κ3) is 6.24. The Balaban J connectivity index is 1.84. The summed E-state index contributed by atoms with van der Waals surface area (Å²) in [5.74, 6) is -0.356. The summed E-state index contributed by atoms with van der Waals surface area (Å²) in [5, 5.41) is 20.2. The lowest BCUT2D eigenvalue weighted by Crippen LogP contribution is -2.10. The van der Waals surface area contributed by atoms with Crippen LogP contribution in [0.3, 0.4) is 0 Å². The van der Waals surface area contributed by atoms with E-state index in [4.69, 9.17) is 15.2 Å². The zero-order valence-corrected chi connectivity index (χ0v) is 19.0. The summed E-state index contributed by atoms with van der Waals surface area (Å²) in [5.41, 5.74) is 6.22.